The number of hydrogen-bond acceptors (Lipinski definition) is 2. The number of fused-ring (bicyclic) bond motifs is 1. The van der Waals surface area contributed by atoms with Crippen LogP contribution in [0.2, 0.25) is 6.82 Å². The number of rotatable bonds is 2. The lowest BCUT2D eigenvalue weighted by Crippen LogP contribution is -2.37. The smallest absolute Gasteiger partial charge is 0.129 e. The van der Waals surface area contributed by atoms with Gasteiger partial charge in [0.2, 0.25) is 0 Å². The summed E-state index contributed by atoms with van der Waals surface area (Å²) in [6.45, 7) is 7.86. The van der Waals surface area contributed by atoms with Gasteiger partial charge in [0, 0.05) is 24.1 Å². The second kappa shape index (κ2) is 4.58. The van der Waals surface area contributed by atoms with E-state index in [1.165, 1.54) is 6.07 Å². The van der Waals surface area contributed by atoms with E-state index < -0.39 is 0 Å². The molecule has 0 bridgehead atoms. The molecule has 1 radical (unpaired) electrons. The molecule has 2 atom stereocenters. The van der Waals surface area contributed by atoms with E-state index in [1.54, 1.807) is 0 Å². The van der Waals surface area contributed by atoms with Crippen LogP contribution in [0.1, 0.15) is 50.2 Å². The Labute approximate surface area is 109 Å². The van der Waals surface area contributed by atoms with Gasteiger partial charge in [-0.25, -0.2) is 4.39 Å². The number of benzene rings is 1. The Morgan fingerprint density at radius 2 is 2.17 bits per heavy atom. The van der Waals surface area contributed by atoms with E-state index in [2.05, 4.69) is 0 Å². The Balaban J connectivity index is 2.47. The average molecular weight is 248 g/mol. The third kappa shape index (κ3) is 2.39. The highest BCUT2D eigenvalue weighted by molar-refractivity contribution is 6.35. The summed E-state index contributed by atoms with van der Waals surface area (Å²) >= 11 is 0. The molecule has 1 aliphatic heterocycles. The van der Waals surface area contributed by atoms with Gasteiger partial charge in [-0.3, -0.25) is 0 Å². The summed E-state index contributed by atoms with van der Waals surface area (Å²) in [5, 5.41) is 0. The fourth-order valence-electron chi connectivity index (χ4n) is 2.47. The molecule has 18 heavy (non-hydrogen) atoms. The van der Waals surface area contributed by atoms with Crippen LogP contribution in [0.3, 0.4) is 0 Å². The molecule has 1 aromatic carbocycles. The molecule has 1 aromatic rings. The van der Waals surface area contributed by atoms with Crippen molar-refractivity contribution in [1.29, 1.82) is 0 Å². The van der Waals surface area contributed by atoms with Gasteiger partial charge in [0.1, 0.15) is 24.4 Å². The van der Waals surface area contributed by atoms with Gasteiger partial charge in [-0.1, -0.05) is 13.7 Å². The Kier molecular flexibility index (Phi) is 3.41. The first-order chi connectivity index (χ1) is 8.34. The van der Waals surface area contributed by atoms with Crippen molar-refractivity contribution in [2.24, 2.45) is 5.73 Å². The molecule has 2 N–H and O–H groups in total. The van der Waals surface area contributed by atoms with Crippen molar-refractivity contribution in [2.45, 2.75) is 51.5 Å². The molecule has 4 heteroatoms. The summed E-state index contributed by atoms with van der Waals surface area (Å²) in [5.41, 5.74) is 7.45. The maximum atomic E-state index is 14.1. The lowest BCUT2D eigenvalue weighted by Gasteiger charge is -2.36. The van der Waals surface area contributed by atoms with Gasteiger partial charge in [-0.15, -0.1) is 0 Å². The predicted octanol–water partition coefficient (Wildman–Crippen LogP) is 3.20. The van der Waals surface area contributed by atoms with Gasteiger partial charge in [0.05, 0.1) is 0 Å². The van der Waals surface area contributed by atoms with Crippen molar-refractivity contribution in [1.82, 2.24) is 0 Å². The molecule has 2 unspecified atom stereocenters. The molecule has 0 aliphatic carbocycles. The third-order valence-corrected chi connectivity index (χ3v) is 3.62. The highest BCUT2D eigenvalue weighted by Gasteiger charge is 2.33. The minimum atomic E-state index is -0.330. The molecule has 0 aromatic heterocycles. The largest absolute Gasteiger partial charge is 0.487 e. The SMILES string of the molecule is C[B]C(C)c1cc2c(cc1F)OC(C)(C)CC2N. The lowest BCUT2D eigenvalue weighted by atomic mass is 9.64. The molecule has 1 heterocycles. The van der Waals surface area contributed by atoms with Crippen molar-refractivity contribution in [2.75, 3.05) is 0 Å². The molecule has 0 saturated carbocycles. The zero-order valence-corrected chi connectivity index (χ0v) is 11.5. The maximum Gasteiger partial charge on any atom is 0.129 e. The van der Waals surface area contributed by atoms with Gasteiger partial charge in [-0.2, -0.15) is 0 Å². The summed E-state index contributed by atoms with van der Waals surface area (Å²) in [6, 6.07) is 3.24. The van der Waals surface area contributed by atoms with Crippen LogP contribution in [-0.4, -0.2) is 12.9 Å². The van der Waals surface area contributed by atoms with Crippen molar-refractivity contribution in [3.05, 3.63) is 29.1 Å². The summed E-state index contributed by atoms with van der Waals surface area (Å²) < 4.78 is 19.9. The topological polar surface area (TPSA) is 35.2 Å². The fraction of sp³-hybridized carbons (Fsp3) is 0.571. The Morgan fingerprint density at radius 3 is 2.78 bits per heavy atom. The summed E-state index contributed by atoms with van der Waals surface area (Å²) in [6.07, 6.45) is 0.745. The predicted molar refractivity (Wildman–Crippen MR) is 72.7 cm³/mol. The fourth-order valence-corrected chi connectivity index (χ4v) is 2.47. The van der Waals surface area contributed by atoms with Gasteiger partial charge in [0.15, 0.2) is 0 Å². The van der Waals surface area contributed by atoms with Crippen LogP contribution in [0, 0.1) is 5.82 Å². The summed E-state index contributed by atoms with van der Waals surface area (Å²) in [5.74, 6) is 0.449. The maximum absolute atomic E-state index is 14.1. The minimum absolute atomic E-state index is 0.0810. The first kappa shape index (κ1) is 13.4. The molecular weight excluding hydrogens is 228 g/mol. The molecule has 0 amide bonds. The first-order valence-electron chi connectivity index (χ1n) is 6.41. The molecule has 2 nitrogen and oxygen atoms in total. The second-order valence-corrected chi connectivity index (χ2v) is 5.71. The van der Waals surface area contributed by atoms with Crippen molar-refractivity contribution >= 4 is 7.28 Å². The van der Waals surface area contributed by atoms with E-state index in [4.69, 9.17) is 10.5 Å². The van der Waals surface area contributed by atoms with Crippen molar-refractivity contribution in [3.8, 4) is 5.75 Å². The summed E-state index contributed by atoms with van der Waals surface area (Å²) in [4.78, 5) is 0. The zero-order valence-electron chi connectivity index (χ0n) is 11.5. The quantitative estimate of drug-likeness (QED) is 0.815. The lowest BCUT2D eigenvalue weighted by molar-refractivity contribution is 0.0723. The van der Waals surface area contributed by atoms with E-state index in [0.29, 0.717) is 11.3 Å². The minimum Gasteiger partial charge on any atom is -0.487 e. The van der Waals surface area contributed by atoms with Crippen LogP contribution in [-0.2, 0) is 0 Å². The first-order valence-corrected chi connectivity index (χ1v) is 6.41. The average Bonchev–Trinajstić information content (AvgIpc) is 2.25. The van der Waals surface area contributed by atoms with Gasteiger partial charge in [-0.05, 0) is 31.3 Å². The van der Waals surface area contributed by atoms with Crippen molar-refractivity contribution < 1.29 is 9.13 Å². The number of hydrogen-bond donors (Lipinski definition) is 1. The van der Waals surface area contributed by atoms with E-state index in [9.17, 15) is 4.39 Å². The molecule has 1 aliphatic rings. The van der Waals surface area contributed by atoms with Crippen LogP contribution in [0.4, 0.5) is 4.39 Å². The second-order valence-electron chi connectivity index (χ2n) is 5.71. The highest BCUT2D eigenvalue weighted by Crippen LogP contribution is 2.40. The van der Waals surface area contributed by atoms with Crippen LogP contribution < -0.4 is 10.5 Å². The molecule has 2 rings (SSSR count). The number of nitrogens with two attached hydrogens (primary N) is 1. The Bertz CT molecular complexity index is 461. The summed E-state index contributed by atoms with van der Waals surface area (Å²) in [7, 11) is 1.98. The van der Waals surface area contributed by atoms with E-state index >= 15 is 0 Å². The van der Waals surface area contributed by atoms with Crippen LogP contribution in [0.25, 0.3) is 0 Å². The molecule has 97 valence electrons. The van der Waals surface area contributed by atoms with Crippen molar-refractivity contribution in [3.63, 3.8) is 0 Å². The monoisotopic (exact) mass is 248 g/mol. The Morgan fingerprint density at radius 1 is 1.50 bits per heavy atom. The van der Waals surface area contributed by atoms with Crippen LogP contribution >= 0.6 is 0 Å². The normalized spacial score (nSPS) is 22.9. The molecule has 0 fully saturated rings. The molecule has 0 spiro atoms. The van der Waals surface area contributed by atoms with Crippen LogP contribution in [0.5, 0.6) is 5.75 Å². The molecular formula is C14H20BFNO. The van der Waals surface area contributed by atoms with E-state index in [-0.39, 0.29) is 23.3 Å². The van der Waals surface area contributed by atoms with Crippen LogP contribution in [0.15, 0.2) is 12.1 Å². The standard InChI is InChI=1S/C14H20BFNO/c1-8(15-4)9-5-10-12(17)7-14(2,3)18-13(10)6-11(9)16/h5-6,8,12H,7,17H2,1-4H3. The molecule has 0 saturated heterocycles. The zero-order chi connectivity index (χ0) is 13.5. The number of halogens is 1. The van der Waals surface area contributed by atoms with Gasteiger partial charge < -0.3 is 10.5 Å². The van der Waals surface area contributed by atoms with E-state index in [0.717, 1.165) is 12.0 Å². The van der Waals surface area contributed by atoms with E-state index in [1.807, 2.05) is 40.9 Å². The van der Waals surface area contributed by atoms with Gasteiger partial charge in [0.25, 0.3) is 0 Å². The third-order valence-electron chi connectivity index (χ3n) is 3.62. The Hall–Kier alpha value is -1.03. The van der Waals surface area contributed by atoms with Gasteiger partial charge >= 0.3 is 0 Å². The highest BCUT2D eigenvalue weighted by atomic mass is 19.1. The number of ether oxygens (including phenoxy) is 1.